The van der Waals surface area contributed by atoms with Crippen LogP contribution in [0.4, 0.5) is 4.39 Å². The third-order valence-corrected chi connectivity index (χ3v) is 3.17. The third kappa shape index (κ3) is 2.64. The predicted molar refractivity (Wildman–Crippen MR) is 60.3 cm³/mol. The average molecular weight is 238 g/mol. The van der Waals surface area contributed by atoms with Gasteiger partial charge in [-0.1, -0.05) is 18.2 Å². The van der Waals surface area contributed by atoms with Gasteiger partial charge >= 0.3 is 5.97 Å². The molecule has 0 saturated carbocycles. The summed E-state index contributed by atoms with van der Waals surface area (Å²) in [7, 11) is 0. The number of ether oxygens (including phenoxy) is 1. The van der Waals surface area contributed by atoms with Crippen molar-refractivity contribution in [2.45, 2.75) is 18.8 Å². The molecule has 1 heterocycles. The molecule has 1 aromatic rings. The van der Waals surface area contributed by atoms with Crippen molar-refractivity contribution in [3.63, 3.8) is 0 Å². The summed E-state index contributed by atoms with van der Waals surface area (Å²) in [5, 5.41) is 9.28. The maximum atomic E-state index is 13.7. The first-order valence-electron chi connectivity index (χ1n) is 5.75. The Hall–Kier alpha value is -1.42. The number of carboxylic acid groups (broad SMARTS) is 1. The van der Waals surface area contributed by atoms with E-state index in [1.807, 2.05) is 0 Å². The summed E-state index contributed by atoms with van der Waals surface area (Å²) in [6.07, 6.45) is 1.61. The van der Waals surface area contributed by atoms with Crippen LogP contribution in [0.15, 0.2) is 24.3 Å². The monoisotopic (exact) mass is 238 g/mol. The number of carboxylic acids is 1. The van der Waals surface area contributed by atoms with Gasteiger partial charge in [-0.15, -0.1) is 0 Å². The number of carbonyl (C=O) groups is 1. The molecular formula is C13H15FO3. The molecular weight excluding hydrogens is 223 g/mol. The van der Waals surface area contributed by atoms with E-state index in [0.29, 0.717) is 13.2 Å². The summed E-state index contributed by atoms with van der Waals surface area (Å²) < 4.78 is 18.9. The van der Waals surface area contributed by atoms with Crippen LogP contribution in [-0.2, 0) is 9.53 Å². The van der Waals surface area contributed by atoms with E-state index in [2.05, 4.69) is 0 Å². The molecule has 0 amide bonds. The largest absolute Gasteiger partial charge is 0.481 e. The molecule has 2 atom stereocenters. The number of hydrogen-bond donors (Lipinski definition) is 1. The highest BCUT2D eigenvalue weighted by molar-refractivity contribution is 5.76. The van der Waals surface area contributed by atoms with Crippen LogP contribution in [0, 0.1) is 11.7 Å². The summed E-state index contributed by atoms with van der Waals surface area (Å²) in [4.78, 5) is 11.3. The molecule has 1 N–H and O–H groups in total. The van der Waals surface area contributed by atoms with Gasteiger partial charge in [0.05, 0.1) is 12.5 Å². The van der Waals surface area contributed by atoms with Crippen molar-refractivity contribution in [1.29, 1.82) is 0 Å². The van der Waals surface area contributed by atoms with Gasteiger partial charge in [-0.05, 0) is 24.8 Å². The van der Waals surface area contributed by atoms with E-state index in [-0.39, 0.29) is 11.5 Å². The van der Waals surface area contributed by atoms with Gasteiger partial charge in [0.1, 0.15) is 5.82 Å². The summed E-state index contributed by atoms with van der Waals surface area (Å²) in [5.41, 5.74) is 0.260. The van der Waals surface area contributed by atoms with Crippen molar-refractivity contribution in [3.8, 4) is 0 Å². The predicted octanol–water partition coefficient (Wildman–Crippen LogP) is 2.42. The van der Waals surface area contributed by atoms with Crippen LogP contribution in [0.5, 0.6) is 0 Å². The van der Waals surface area contributed by atoms with Crippen LogP contribution in [0.1, 0.15) is 24.3 Å². The quantitative estimate of drug-likeness (QED) is 0.879. The van der Waals surface area contributed by atoms with Crippen molar-refractivity contribution in [2.24, 2.45) is 5.92 Å². The van der Waals surface area contributed by atoms with Crippen molar-refractivity contribution in [3.05, 3.63) is 35.6 Å². The number of benzene rings is 1. The van der Waals surface area contributed by atoms with Gasteiger partial charge in [0.15, 0.2) is 0 Å². The first-order valence-corrected chi connectivity index (χ1v) is 5.75. The minimum atomic E-state index is -0.981. The molecule has 0 spiro atoms. The van der Waals surface area contributed by atoms with Gasteiger partial charge < -0.3 is 9.84 Å². The summed E-state index contributed by atoms with van der Waals surface area (Å²) in [5.74, 6) is -2.38. The van der Waals surface area contributed by atoms with Gasteiger partial charge in [-0.25, -0.2) is 4.39 Å². The Morgan fingerprint density at radius 1 is 1.47 bits per heavy atom. The van der Waals surface area contributed by atoms with Gasteiger partial charge in [0, 0.05) is 12.2 Å². The molecule has 1 fully saturated rings. The highest BCUT2D eigenvalue weighted by Gasteiger charge is 2.32. The second kappa shape index (κ2) is 5.27. The summed E-state index contributed by atoms with van der Waals surface area (Å²) in [6, 6.07) is 6.07. The normalized spacial score (nSPS) is 22.1. The highest BCUT2D eigenvalue weighted by Crippen LogP contribution is 2.32. The highest BCUT2D eigenvalue weighted by atomic mass is 19.1. The van der Waals surface area contributed by atoms with Crippen LogP contribution in [0.3, 0.4) is 0 Å². The van der Waals surface area contributed by atoms with E-state index >= 15 is 0 Å². The van der Waals surface area contributed by atoms with E-state index < -0.39 is 17.7 Å². The SMILES string of the molecule is O=C(O)C(c1ccccc1F)C1CCCOC1. The maximum absolute atomic E-state index is 13.7. The molecule has 1 aliphatic rings. The maximum Gasteiger partial charge on any atom is 0.311 e. The Morgan fingerprint density at radius 3 is 2.82 bits per heavy atom. The molecule has 2 rings (SSSR count). The van der Waals surface area contributed by atoms with Gasteiger partial charge in [0.25, 0.3) is 0 Å². The molecule has 1 aliphatic heterocycles. The summed E-state index contributed by atoms with van der Waals surface area (Å²) in [6.45, 7) is 1.06. The van der Waals surface area contributed by atoms with E-state index in [4.69, 9.17) is 4.74 Å². The number of aliphatic carboxylic acids is 1. The van der Waals surface area contributed by atoms with Crippen molar-refractivity contribution in [1.82, 2.24) is 0 Å². The second-order valence-electron chi connectivity index (χ2n) is 4.31. The molecule has 3 nitrogen and oxygen atoms in total. The standard InChI is InChI=1S/C13H15FO3/c14-11-6-2-1-5-10(11)12(13(15)16)9-4-3-7-17-8-9/h1-2,5-6,9,12H,3-4,7-8H2,(H,15,16). The summed E-state index contributed by atoms with van der Waals surface area (Å²) >= 11 is 0. The van der Waals surface area contributed by atoms with E-state index in [1.54, 1.807) is 18.2 Å². The van der Waals surface area contributed by atoms with Crippen LogP contribution < -0.4 is 0 Å². The van der Waals surface area contributed by atoms with E-state index in [1.165, 1.54) is 6.07 Å². The van der Waals surface area contributed by atoms with Crippen molar-refractivity contribution < 1.29 is 19.0 Å². The van der Waals surface area contributed by atoms with Crippen LogP contribution in [-0.4, -0.2) is 24.3 Å². The molecule has 0 bridgehead atoms. The Balaban J connectivity index is 2.28. The fourth-order valence-electron chi connectivity index (χ4n) is 2.34. The Bertz CT molecular complexity index is 399. The molecule has 92 valence electrons. The smallest absolute Gasteiger partial charge is 0.311 e. The van der Waals surface area contributed by atoms with E-state index in [9.17, 15) is 14.3 Å². The molecule has 2 unspecified atom stereocenters. The van der Waals surface area contributed by atoms with Gasteiger partial charge in [-0.2, -0.15) is 0 Å². The number of rotatable bonds is 3. The fourth-order valence-corrected chi connectivity index (χ4v) is 2.34. The third-order valence-electron chi connectivity index (χ3n) is 3.17. The zero-order chi connectivity index (χ0) is 12.3. The van der Waals surface area contributed by atoms with Gasteiger partial charge in [0.2, 0.25) is 0 Å². The number of hydrogen-bond acceptors (Lipinski definition) is 2. The molecule has 17 heavy (non-hydrogen) atoms. The van der Waals surface area contributed by atoms with Crippen molar-refractivity contribution >= 4 is 5.97 Å². The lowest BCUT2D eigenvalue weighted by Gasteiger charge is -2.27. The Kier molecular flexibility index (Phi) is 3.74. The lowest BCUT2D eigenvalue weighted by atomic mass is 9.82. The van der Waals surface area contributed by atoms with Crippen LogP contribution in [0.2, 0.25) is 0 Å². The van der Waals surface area contributed by atoms with Crippen LogP contribution in [0.25, 0.3) is 0 Å². The second-order valence-corrected chi connectivity index (χ2v) is 4.31. The Morgan fingerprint density at radius 2 is 2.24 bits per heavy atom. The zero-order valence-corrected chi connectivity index (χ0v) is 9.43. The zero-order valence-electron chi connectivity index (χ0n) is 9.43. The molecule has 0 radical (unpaired) electrons. The molecule has 4 heteroatoms. The lowest BCUT2D eigenvalue weighted by molar-refractivity contribution is -0.141. The molecule has 1 saturated heterocycles. The molecule has 0 aliphatic carbocycles. The fraction of sp³-hybridized carbons (Fsp3) is 0.462. The lowest BCUT2D eigenvalue weighted by Crippen LogP contribution is -2.29. The average Bonchev–Trinajstić information content (AvgIpc) is 2.33. The molecule has 1 aromatic carbocycles. The van der Waals surface area contributed by atoms with E-state index in [0.717, 1.165) is 12.8 Å². The topological polar surface area (TPSA) is 46.5 Å². The Labute approximate surface area is 99.2 Å². The molecule has 0 aromatic heterocycles. The van der Waals surface area contributed by atoms with Gasteiger partial charge in [-0.3, -0.25) is 4.79 Å². The first kappa shape index (κ1) is 12.0. The van der Waals surface area contributed by atoms with Crippen molar-refractivity contribution in [2.75, 3.05) is 13.2 Å². The van der Waals surface area contributed by atoms with Crippen LogP contribution >= 0.6 is 0 Å². The number of halogens is 1. The first-order chi connectivity index (χ1) is 8.20. The minimum absolute atomic E-state index is 0.141. The minimum Gasteiger partial charge on any atom is -0.481 e.